The Hall–Kier alpha value is -2.96. The van der Waals surface area contributed by atoms with Gasteiger partial charge >= 0.3 is 12.0 Å². The average molecular weight is 399 g/mol. The van der Waals surface area contributed by atoms with Gasteiger partial charge in [-0.25, -0.2) is 19.0 Å². The molecule has 0 saturated carbocycles. The van der Waals surface area contributed by atoms with Crippen LogP contribution in [-0.4, -0.2) is 35.7 Å². The molecule has 1 aromatic heterocycles. The normalized spacial score (nSPS) is 14.5. The lowest BCUT2D eigenvalue weighted by Crippen LogP contribution is -2.33. The molecule has 6 nitrogen and oxygen atoms in total. The molecule has 3 rings (SSSR count). The molecule has 0 radical (unpaired) electrons. The molecule has 29 heavy (non-hydrogen) atoms. The van der Waals surface area contributed by atoms with Crippen molar-refractivity contribution in [2.24, 2.45) is 0 Å². The number of hydrogen-bond donors (Lipinski definition) is 0. The third kappa shape index (κ3) is 4.39. The van der Waals surface area contributed by atoms with Gasteiger partial charge < -0.3 is 4.74 Å². The van der Waals surface area contributed by atoms with Crippen molar-refractivity contribution in [1.29, 1.82) is 0 Å². The monoisotopic (exact) mass is 399 g/mol. The van der Waals surface area contributed by atoms with Gasteiger partial charge in [0, 0.05) is 24.5 Å². The van der Waals surface area contributed by atoms with E-state index >= 15 is 0 Å². The van der Waals surface area contributed by atoms with E-state index in [2.05, 4.69) is 4.98 Å². The van der Waals surface area contributed by atoms with Crippen molar-refractivity contribution in [3.05, 3.63) is 53.0 Å². The van der Waals surface area contributed by atoms with Gasteiger partial charge in [0.1, 0.15) is 5.60 Å². The van der Waals surface area contributed by atoms with Crippen LogP contribution in [0, 0.1) is 12.7 Å². The average Bonchev–Trinajstić information content (AvgIpc) is 3.04. The van der Waals surface area contributed by atoms with E-state index in [-0.39, 0.29) is 11.8 Å². The summed E-state index contributed by atoms with van der Waals surface area (Å²) >= 11 is 0. The summed E-state index contributed by atoms with van der Waals surface area (Å²) in [6, 6.07) is 8.03. The quantitative estimate of drug-likeness (QED) is 0.711. The van der Waals surface area contributed by atoms with E-state index in [1.807, 2.05) is 6.92 Å². The van der Waals surface area contributed by atoms with E-state index in [1.165, 1.54) is 9.80 Å². The molecular weight excluding hydrogens is 373 g/mol. The smallest absolute Gasteiger partial charge is 0.338 e. The number of halogens is 1. The molecule has 2 aromatic rings. The maximum Gasteiger partial charge on any atom is 0.338 e. The van der Waals surface area contributed by atoms with Crippen LogP contribution in [0.3, 0.4) is 0 Å². The van der Waals surface area contributed by atoms with Crippen molar-refractivity contribution < 1.29 is 18.7 Å². The van der Waals surface area contributed by atoms with Crippen LogP contribution in [0.15, 0.2) is 30.3 Å². The SMILES string of the molecule is CCc1cc(C)c(F)c(N2CCN(c3cccc(C(=O)OC(C)(C)C)c3)C2=O)n1. The number of benzene rings is 1. The lowest BCUT2D eigenvalue weighted by atomic mass is 10.1. The first-order valence-corrected chi connectivity index (χ1v) is 9.69. The molecule has 1 aliphatic heterocycles. The van der Waals surface area contributed by atoms with Gasteiger partial charge in [0.05, 0.1) is 5.56 Å². The van der Waals surface area contributed by atoms with E-state index in [1.54, 1.807) is 58.0 Å². The van der Waals surface area contributed by atoms with E-state index in [9.17, 15) is 14.0 Å². The number of ether oxygens (including phenoxy) is 1. The fourth-order valence-corrected chi connectivity index (χ4v) is 3.18. The van der Waals surface area contributed by atoms with Gasteiger partial charge in [-0.15, -0.1) is 0 Å². The van der Waals surface area contributed by atoms with Gasteiger partial charge in [-0.3, -0.25) is 9.80 Å². The van der Waals surface area contributed by atoms with Crippen LogP contribution in [-0.2, 0) is 11.2 Å². The summed E-state index contributed by atoms with van der Waals surface area (Å²) < 4.78 is 20.1. The number of aryl methyl sites for hydroxylation is 2. The zero-order valence-corrected chi connectivity index (χ0v) is 17.5. The van der Waals surface area contributed by atoms with Crippen LogP contribution in [0.25, 0.3) is 0 Å². The number of esters is 1. The number of carbonyl (C=O) groups is 2. The van der Waals surface area contributed by atoms with Crippen molar-refractivity contribution in [1.82, 2.24) is 4.98 Å². The Balaban J connectivity index is 1.87. The van der Waals surface area contributed by atoms with E-state index in [0.29, 0.717) is 36.3 Å². The minimum Gasteiger partial charge on any atom is -0.456 e. The molecule has 154 valence electrons. The van der Waals surface area contributed by atoms with E-state index < -0.39 is 17.4 Å². The Labute approximate surface area is 170 Å². The second kappa shape index (κ2) is 7.81. The summed E-state index contributed by atoms with van der Waals surface area (Å²) in [6.45, 7) is 9.67. The molecule has 0 N–H and O–H groups in total. The fourth-order valence-electron chi connectivity index (χ4n) is 3.18. The summed E-state index contributed by atoms with van der Waals surface area (Å²) in [6.07, 6.45) is 0.651. The van der Waals surface area contributed by atoms with Gasteiger partial charge in [0.2, 0.25) is 0 Å². The Morgan fingerprint density at radius 1 is 1.21 bits per heavy atom. The number of carbonyl (C=O) groups excluding carboxylic acids is 2. The van der Waals surface area contributed by atoms with E-state index in [0.717, 1.165) is 5.69 Å². The first kappa shape index (κ1) is 20.8. The predicted molar refractivity (Wildman–Crippen MR) is 110 cm³/mol. The number of hydrogen-bond acceptors (Lipinski definition) is 4. The molecule has 2 heterocycles. The molecule has 1 fully saturated rings. The lowest BCUT2D eigenvalue weighted by Gasteiger charge is -2.21. The number of amides is 2. The number of anilines is 2. The maximum atomic E-state index is 14.7. The third-order valence-electron chi connectivity index (χ3n) is 4.59. The molecule has 1 aromatic carbocycles. The molecule has 7 heteroatoms. The highest BCUT2D eigenvalue weighted by molar-refractivity contribution is 6.06. The largest absolute Gasteiger partial charge is 0.456 e. The highest BCUT2D eigenvalue weighted by Crippen LogP contribution is 2.28. The standard InChI is InChI=1S/C22H26FN3O3/c1-6-16-12-14(2)18(23)19(24-16)26-11-10-25(21(26)28)17-9-7-8-15(13-17)20(27)29-22(3,4)5/h7-9,12-13H,6,10-11H2,1-5H3. The lowest BCUT2D eigenvalue weighted by molar-refractivity contribution is 0.00695. The van der Waals surface area contributed by atoms with Crippen molar-refractivity contribution >= 4 is 23.5 Å². The number of aromatic nitrogens is 1. The van der Waals surface area contributed by atoms with Crippen LogP contribution in [0.4, 0.5) is 20.7 Å². The van der Waals surface area contributed by atoms with Crippen LogP contribution in [0.1, 0.15) is 49.3 Å². The highest BCUT2D eigenvalue weighted by atomic mass is 19.1. The molecule has 0 aliphatic carbocycles. The molecule has 1 saturated heterocycles. The molecule has 0 spiro atoms. The number of nitrogens with zero attached hydrogens (tertiary/aromatic N) is 3. The fraction of sp³-hybridized carbons (Fsp3) is 0.409. The minimum absolute atomic E-state index is 0.0534. The third-order valence-corrected chi connectivity index (χ3v) is 4.59. The second-order valence-corrected chi connectivity index (χ2v) is 8.06. The van der Waals surface area contributed by atoms with Crippen LogP contribution >= 0.6 is 0 Å². The van der Waals surface area contributed by atoms with Gasteiger partial charge in [-0.2, -0.15) is 0 Å². The summed E-state index contributed by atoms with van der Waals surface area (Å²) in [5.74, 6) is -0.889. The zero-order valence-electron chi connectivity index (χ0n) is 17.5. The molecule has 0 bridgehead atoms. The highest BCUT2D eigenvalue weighted by Gasteiger charge is 2.34. The molecule has 2 amide bonds. The van der Waals surface area contributed by atoms with Crippen LogP contribution in [0.5, 0.6) is 0 Å². The summed E-state index contributed by atoms with van der Waals surface area (Å²) in [5.41, 5.74) is 1.50. The van der Waals surface area contributed by atoms with Crippen molar-refractivity contribution in [3.8, 4) is 0 Å². The number of urea groups is 1. The van der Waals surface area contributed by atoms with E-state index in [4.69, 9.17) is 4.74 Å². The first-order chi connectivity index (χ1) is 13.6. The van der Waals surface area contributed by atoms with Gasteiger partial charge in [0.15, 0.2) is 11.6 Å². The minimum atomic E-state index is -0.612. The predicted octanol–water partition coefficient (Wildman–Crippen LogP) is 4.49. The second-order valence-electron chi connectivity index (χ2n) is 8.06. The Morgan fingerprint density at radius 3 is 2.55 bits per heavy atom. The summed E-state index contributed by atoms with van der Waals surface area (Å²) in [4.78, 5) is 32.6. The Morgan fingerprint density at radius 2 is 1.90 bits per heavy atom. The van der Waals surface area contributed by atoms with Crippen molar-refractivity contribution in [3.63, 3.8) is 0 Å². The van der Waals surface area contributed by atoms with Gasteiger partial charge in [-0.05, 0) is 63.9 Å². The van der Waals surface area contributed by atoms with Gasteiger partial charge in [0.25, 0.3) is 0 Å². The maximum absolute atomic E-state index is 14.7. The molecule has 1 aliphatic rings. The Kier molecular flexibility index (Phi) is 5.59. The van der Waals surface area contributed by atoms with Gasteiger partial charge in [-0.1, -0.05) is 13.0 Å². The number of pyridine rings is 1. The summed E-state index contributed by atoms with van der Waals surface area (Å²) in [7, 11) is 0. The van der Waals surface area contributed by atoms with Crippen LogP contribution < -0.4 is 9.80 Å². The summed E-state index contributed by atoms with van der Waals surface area (Å²) in [5, 5.41) is 0. The topological polar surface area (TPSA) is 62.7 Å². The molecule has 0 atom stereocenters. The zero-order chi connectivity index (χ0) is 21.3. The van der Waals surface area contributed by atoms with Crippen molar-refractivity contribution in [2.75, 3.05) is 22.9 Å². The van der Waals surface area contributed by atoms with Crippen LogP contribution in [0.2, 0.25) is 0 Å². The van der Waals surface area contributed by atoms with Crippen molar-refractivity contribution in [2.45, 2.75) is 46.6 Å². The first-order valence-electron chi connectivity index (χ1n) is 9.69. The molecule has 0 unspecified atom stereocenters. The molecular formula is C22H26FN3O3. The number of rotatable bonds is 4. The Bertz CT molecular complexity index is 953.